The Labute approximate surface area is 186 Å². The standard InChI is InChI=1S/C28H33NOSi/c1-18-14-19(2)16-21(15-18)20-12-13-29-24(17-20)22-10-11-26(31(3,4)5)27-23-8-6-7-9-25(23)30-28(22)27/h6-13,17-19,21H,14-16H2,1-5H3. The van der Waals surface area contributed by atoms with Crippen molar-refractivity contribution in [2.45, 2.75) is 58.7 Å². The highest BCUT2D eigenvalue weighted by molar-refractivity contribution is 6.90. The van der Waals surface area contributed by atoms with Gasteiger partial charge in [-0.15, -0.1) is 0 Å². The van der Waals surface area contributed by atoms with Crippen LogP contribution in [0.3, 0.4) is 0 Å². The lowest BCUT2D eigenvalue weighted by Gasteiger charge is -2.31. The highest BCUT2D eigenvalue weighted by Crippen LogP contribution is 2.41. The average molecular weight is 428 g/mol. The Bertz CT molecular complexity index is 1240. The number of para-hydroxylation sites is 1. The second-order valence-corrected chi connectivity index (χ2v) is 15.8. The van der Waals surface area contributed by atoms with E-state index < -0.39 is 8.07 Å². The summed E-state index contributed by atoms with van der Waals surface area (Å²) in [7, 11) is -1.54. The van der Waals surface area contributed by atoms with Gasteiger partial charge < -0.3 is 4.42 Å². The van der Waals surface area contributed by atoms with E-state index in [1.54, 1.807) is 0 Å². The van der Waals surface area contributed by atoms with E-state index in [4.69, 9.17) is 9.40 Å². The fourth-order valence-electron chi connectivity index (χ4n) is 5.72. The predicted molar refractivity (Wildman–Crippen MR) is 135 cm³/mol. The normalized spacial score (nSPS) is 22.3. The molecule has 2 nitrogen and oxygen atoms in total. The first-order valence-electron chi connectivity index (χ1n) is 11.7. The Morgan fingerprint density at radius 3 is 2.39 bits per heavy atom. The zero-order valence-electron chi connectivity index (χ0n) is 19.4. The molecule has 3 heteroatoms. The second kappa shape index (κ2) is 7.63. The minimum atomic E-state index is -1.54. The molecule has 2 heterocycles. The molecule has 1 aliphatic carbocycles. The van der Waals surface area contributed by atoms with Gasteiger partial charge in [-0.1, -0.05) is 57.8 Å². The molecule has 31 heavy (non-hydrogen) atoms. The van der Waals surface area contributed by atoms with Crippen LogP contribution in [0, 0.1) is 11.8 Å². The van der Waals surface area contributed by atoms with Crippen molar-refractivity contribution < 1.29 is 4.42 Å². The van der Waals surface area contributed by atoms with Crippen molar-refractivity contribution in [2.24, 2.45) is 11.8 Å². The van der Waals surface area contributed by atoms with Crippen molar-refractivity contribution >= 4 is 35.2 Å². The third kappa shape index (κ3) is 3.74. The summed E-state index contributed by atoms with van der Waals surface area (Å²) in [5.41, 5.74) is 5.55. The highest BCUT2D eigenvalue weighted by atomic mass is 28.3. The van der Waals surface area contributed by atoms with Crippen molar-refractivity contribution in [1.82, 2.24) is 4.98 Å². The van der Waals surface area contributed by atoms with Gasteiger partial charge in [0.25, 0.3) is 0 Å². The van der Waals surface area contributed by atoms with E-state index in [0.717, 1.165) is 34.3 Å². The summed E-state index contributed by atoms with van der Waals surface area (Å²) >= 11 is 0. The van der Waals surface area contributed by atoms with Gasteiger partial charge in [-0.25, -0.2) is 0 Å². The number of hydrogen-bond acceptors (Lipinski definition) is 2. The van der Waals surface area contributed by atoms with Gasteiger partial charge in [0, 0.05) is 22.5 Å². The number of hydrogen-bond donors (Lipinski definition) is 0. The number of rotatable bonds is 3. The van der Waals surface area contributed by atoms with Crippen LogP contribution in [0.4, 0.5) is 0 Å². The van der Waals surface area contributed by atoms with E-state index in [9.17, 15) is 0 Å². The maximum absolute atomic E-state index is 6.48. The van der Waals surface area contributed by atoms with E-state index in [2.05, 4.69) is 82.0 Å². The van der Waals surface area contributed by atoms with Crippen LogP contribution in [-0.2, 0) is 0 Å². The second-order valence-electron chi connectivity index (χ2n) is 10.8. The Kier molecular flexibility index (Phi) is 5.05. The van der Waals surface area contributed by atoms with Gasteiger partial charge in [0.05, 0.1) is 13.8 Å². The minimum absolute atomic E-state index is 0.632. The third-order valence-electron chi connectivity index (χ3n) is 7.04. The number of nitrogens with zero attached hydrogens (tertiary/aromatic N) is 1. The van der Waals surface area contributed by atoms with Crippen LogP contribution >= 0.6 is 0 Å². The van der Waals surface area contributed by atoms with E-state index in [-0.39, 0.29) is 0 Å². The molecule has 0 aliphatic heterocycles. The molecule has 160 valence electrons. The summed E-state index contributed by atoms with van der Waals surface area (Å²) in [5.74, 6) is 2.22. The van der Waals surface area contributed by atoms with E-state index in [1.807, 2.05) is 6.20 Å². The Balaban J connectivity index is 1.68. The number of pyridine rings is 1. The van der Waals surface area contributed by atoms with Crippen LogP contribution in [-0.4, -0.2) is 13.1 Å². The maximum Gasteiger partial charge on any atom is 0.144 e. The summed E-state index contributed by atoms with van der Waals surface area (Å²) in [4.78, 5) is 4.81. The van der Waals surface area contributed by atoms with Crippen molar-refractivity contribution in [3.63, 3.8) is 0 Å². The molecule has 2 aromatic heterocycles. The zero-order valence-corrected chi connectivity index (χ0v) is 20.4. The van der Waals surface area contributed by atoms with Gasteiger partial charge in [-0.2, -0.15) is 0 Å². The van der Waals surface area contributed by atoms with E-state index in [1.165, 1.54) is 40.8 Å². The van der Waals surface area contributed by atoms with Gasteiger partial charge >= 0.3 is 0 Å². The van der Waals surface area contributed by atoms with E-state index in [0.29, 0.717) is 5.92 Å². The fourth-order valence-corrected chi connectivity index (χ4v) is 7.30. The van der Waals surface area contributed by atoms with Crippen LogP contribution in [0.2, 0.25) is 19.6 Å². The molecule has 2 aromatic carbocycles. The third-order valence-corrected chi connectivity index (χ3v) is 9.08. The van der Waals surface area contributed by atoms with Gasteiger partial charge in [-0.3, -0.25) is 4.98 Å². The van der Waals surface area contributed by atoms with Crippen LogP contribution in [0.5, 0.6) is 0 Å². The van der Waals surface area contributed by atoms with Crippen molar-refractivity contribution in [1.29, 1.82) is 0 Å². The first-order valence-corrected chi connectivity index (χ1v) is 15.2. The molecule has 0 N–H and O–H groups in total. The molecule has 2 unspecified atom stereocenters. The molecule has 1 aliphatic rings. The minimum Gasteiger partial charge on any atom is -0.455 e. The van der Waals surface area contributed by atoms with Gasteiger partial charge in [0.2, 0.25) is 0 Å². The zero-order chi connectivity index (χ0) is 21.8. The molecule has 0 spiro atoms. The molecule has 0 saturated heterocycles. The lowest BCUT2D eigenvalue weighted by atomic mass is 9.74. The predicted octanol–water partition coefficient (Wildman–Crippen LogP) is 7.73. The first kappa shape index (κ1) is 20.5. The Morgan fingerprint density at radius 2 is 1.65 bits per heavy atom. The molecule has 0 bridgehead atoms. The number of benzene rings is 2. The summed E-state index contributed by atoms with van der Waals surface area (Å²) < 4.78 is 6.48. The topological polar surface area (TPSA) is 26.0 Å². The Hall–Kier alpha value is -2.39. The quantitative estimate of drug-likeness (QED) is 0.313. The smallest absolute Gasteiger partial charge is 0.144 e. The molecular formula is C28H33NOSi. The van der Waals surface area contributed by atoms with Crippen LogP contribution in [0.25, 0.3) is 33.2 Å². The van der Waals surface area contributed by atoms with Crippen molar-refractivity contribution in [3.8, 4) is 11.3 Å². The van der Waals surface area contributed by atoms with Gasteiger partial charge in [0.1, 0.15) is 11.2 Å². The lowest BCUT2D eigenvalue weighted by molar-refractivity contribution is 0.268. The van der Waals surface area contributed by atoms with Crippen LogP contribution < -0.4 is 5.19 Å². The fraction of sp³-hybridized carbons (Fsp3) is 0.393. The number of furan rings is 1. The molecule has 4 aromatic rings. The van der Waals surface area contributed by atoms with Crippen LogP contribution in [0.15, 0.2) is 59.1 Å². The average Bonchev–Trinajstić information content (AvgIpc) is 3.11. The van der Waals surface area contributed by atoms with Gasteiger partial charge in [0.15, 0.2) is 0 Å². The largest absolute Gasteiger partial charge is 0.455 e. The molecule has 1 fully saturated rings. The molecule has 2 atom stereocenters. The number of aromatic nitrogens is 1. The molecule has 0 radical (unpaired) electrons. The monoisotopic (exact) mass is 427 g/mol. The SMILES string of the molecule is CC1CC(C)CC(c2ccnc(-c3ccc([Si](C)(C)C)c4c3oc3ccccc34)c2)C1. The summed E-state index contributed by atoms with van der Waals surface area (Å²) in [6.45, 7) is 12.0. The lowest BCUT2D eigenvalue weighted by Crippen LogP contribution is -2.37. The summed E-state index contributed by atoms with van der Waals surface area (Å²) in [6, 6.07) is 17.6. The molecule has 5 rings (SSSR count). The van der Waals surface area contributed by atoms with Crippen LogP contribution in [0.1, 0.15) is 44.6 Å². The van der Waals surface area contributed by atoms with Gasteiger partial charge in [-0.05, 0) is 72.0 Å². The van der Waals surface area contributed by atoms with Crippen molar-refractivity contribution in [3.05, 3.63) is 60.3 Å². The Morgan fingerprint density at radius 1 is 0.903 bits per heavy atom. The summed E-state index contributed by atoms with van der Waals surface area (Å²) in [6.07, 6.45) is 5.91. The molecular weight excluding hydrogens is 394 g/mol. The molecule has 1 saturated carbocycles. The maximum atomic E-state index is 6.48. The first-order chi connectivity index (χ1) is 14.8. The van der Waals surface area contributed by atoms with Crippen molar-refractivity contribution in [2.75, 3.05) is 0 Å². The highest BCUT2D eigenvalue weighted by Gasteiger charge is 2.27. The number of fused-ring (bicyclic) bond motifs is 3. The molecule has 0 amide bonds. The van der Waals surface area contributed by atoms with E-state index >= 15 is 0 Å². The summed E-state index contributed by atoms with van der Waals surface area (Å²) in [5, 5.41) is 3.98.